The van der Waals surface area contributed by atoms with Crippen LogP contribution in [0.15, 0.2) is 18.2 Å². The van der Waals surface area contributed by atoms with Gasteiger partial charge in [-0.25, -0.2) is 4.98 Å². The lowest BCUT2D eigenvalue weighted by Gasteiger charge is -2.16. The molecule has 0 unspecified atom stereocenters. The highest BCUT2D eigenvalue weighted by Gasteiger charge is 2.12. The first-order chi connectivity index (χ1) is 6.84. The van der Waals surface area contributed by atoms with Gasteiger partial charge in [0.25, 0.3) is 0 Å². The fourth-order valence-corrected chi connectivity index (χ4v) is 2.10. The quantitative estimate of drug-likeness (QED) is 0.668. The normalized spacial score (nSPS) is 15.8. The Labute approximate surface area is 86.7 Å². The molecule has 0 atom stereocenters. The van der Waals surface area contributed by atoms with Crippen molar-refractivity contribution in [2.75, 3.05) is 6.54 Å². The fraction of sp³-hybridized carbons (Fsp3) is 0.300. The maximum atomic E-state index is 5.88. The van der Waals surface area contributed by atoms with Crippen LogP contribution in [0.4, 0.5) is 0 Å². The SMILES string of the molecule is Clc1ccc2cc3n(c2n1)CCNC3. The molecule has 72 valence electrons. The average Bonchev–Trinajstić information content (AvgIpc) is 2.56. The lowest BCUT2D eigenvalue weighted by Crippen LogP contribution is -2.27. The average molecular weight is 208 g/mol. The van der Waals surface area contributed by atoms with E-state index in [9.17, 15) is 0 Å². The molecule has 1 aliphatic heterocycles. The summed E-state index contributed by atoms with van der Waals surface area (Å²) in [5.41, 5.74) is 2.30. The first kappa shape index (κ1) is 8.26. The molecule has 0 aromatic carbocycles. The molecule has 2 aromatic heterocycles. The van der Waals surface area contributed by atoms with Gasteiger partial charge in [0, 0.05) is 30.7 Å². The molecular formula is C10H10ClN3. The second-order valence-electron chi connectivity index (χ2n) is 3.51. The molecule has 1 aliphatic rings. The zero-order valence-electron chi connectivity index (χ0n) is 7.63. The molecule has 3 rings (SSSR count). The minimum absolute atomic E-state index is 0.567. The zero-order valence-corrected chi connectivity index (χ0v) is 8.38. The van der Waals surface area contributed by atoms with Crippen LogP contribution in [-0.2, 0) is 13.1 Å². The second kappa shape index (κ2) is 2.97. The Kier molecular flexibility index (Phi) is 1.75. The third kappa shape index (κ3) is 1.13. The van der Waals surface area contributed by atoms with Crippen molar-refractivity contribution in [3.8, 4) is 0 Å². The predicted molar refractivity (Wildman–Crippen MR) is 56.4 cm³/mol. The van der Waals surface area contributed by atoms with Crippen molar-refractivity contribution in [1.82, 2.24) is 14.9 Å². The number of aromatic nitrogens is 2. The summed E-state index contributed by atoms with van der Waals surface area (Å²) in [5.74, 6) is 0. The van der Waals surface area contributed by atoms with E-state index in [4.69, 9.17) is 11.6 Å². The van der Waals surface area contributed by atoms with E-state index >= 15 is 0 Å². The maximum absolute atomic E-state index is 5.88. The molecule has 4 heteroatoms. The minimum atomic E-state index is 0.567. The largest absolute Gasteiger partial charge is 0.327 e. The molecule has 2 aromatic rings. The number of nitrogens with one attached hydrogen (secondary N) is 1. The van der Waals surface area contributed by atoms with E-state index in [0.29, 0.717) is 5.15 Å². The van der Waals surface area contributed by atoms with Gasteiger partial charge in [-0.15, -0.1) is 0 Å². The molecule has 3 nitrogen and oxygen atoms in total. The number of halogens is 1. The molecule has 0 radical (unpaired) electrons. The molecule has 14 heavy (non-hydrogen) atoms. The van der Waals surface area contributed by atoms with Gasteiger partial charge in [0.15, 0.2) is 0 Å². The first-order valence-corrected chi connectivity index (χ1v) is 5.08. The van der Waals surface area contributed by atoms with E-state index in [1.165, 1.54) is 11.1 Å². The third-order valence-corrected chi connectivity index (χ3v) is 2.82. The van der Waals surface area contributed by atoms with Gasteiger partial charge >= 0.3 is 0 Å². The number of hydrogen-bond acceptors (Lipinski definition) is 2. The molecule has 0 bridgehead atoms. The summed E-state index contributed by atoms with van der Waals surface area (Å²) in [6, 6.07) is 6.03. The van der Waals surface area contributed by atoms with Crippen LogP contribution in [-0.4, -0.2) is 16.1 Å². The summed E-state index contributed by atoms with van der Waals surface area (Å²) in [4.78, 5) is 4.35. The fourth-order valence-electron chi connectivity index (χ4n) is 1.96. The summed E-state index contributed by atoms with van der Waals surface area (Å²) < 4.78 is 2.23. The highest BCUT2D eigenvalue weighted by atomic mass is 35.5. The van der Waals surface area contributed by atoms with Crippen LogP contribution in [0.25, 0.3) is 11.0 Å². The second-order valence-corrected chi connectivity index (χ2v) is 3.90. The van der Waals surface area contributed by atoms with Crippen LogP contribution >= 0.6 is 11.6 Å². The van der Waals surface area contributed by atoms with Crippen molar-refractivity contribution in [1.29, 1.82) is 0 Å². The number of nitrogens with zero attached hydrogens (tertiary/aromatic N) is 2. The summed E-state index contributed by atoms with van der Waals surface area (Å²) in [6.45, 7) is 2.91. The van der Waals surface area contributed by atoms with Gasteiger partial charge in [-0.2, -0.15) is 0 Å². The molecule has 0 spiro atoms. The van der Waals surface area contributed by atoms with Crippen LogP contribution in [0.3, 0.4) is 0 Å². The third-order valence-electron chi connectivity index (χ3n) is 2.61. The van der Waals surface area contributed by atoms with Crippen LogP contribution in [0.2, 0.25) is 5.15 Å². The van der Waals surface area contributed by atoms with E-state index in [1.807, 2.05) is 12.1 Å². The van der Waals surface area contributed by atoms with Crippen molar-refractivity contribution < 1.29 is 0 Å². The van der Waals surface area contributed by atoms with E-state index in [0.717, 1.165) is 25.3 Å². The minimum Gasteiger partial charge on any atom is -0.327 e. The Hall–Kier alpha value is -1.06. The van der Waals surface area contributed by atoms with Crippen LogP contribution in [0.5, 0.6) is 0 Å². The van der Waals surface area contributed by atoms with Gasteiger partial charge in [0.05, 0.1) is 0 Å². The number of fused-ring (bicyclic) bond motifs is 3. The predicted octanol–water partition coefficient (Wildman–Crippen LogP) is 1.79. The number of hydrogen-bond donors (Lipinski definition) is 1. The molecule has 0 fully saturated rings. The molecular weight excluding hydrogens is 198 g/mol. The standard InChI is InChI=1S/C10H10ClN3/c11-9-2-1-7-5-8-6-12-3-4-14(8)10(7)13-9/h1-2,5,12H,3-4,6H2. The van der Waals surface area contributed by atoms with Gasteiger partial charge in [-0.3, -0.25) is 0 Å². The molecule has 0 aliphatic carbocycles. The van der Waals surface area contributed by atoms with Crippen molar-refractivity contribution in [2.45, 2.75) is 13.1 Å². The van der Waals surface area contributed by atoms with Crippen molar-refractivity contribution in [2.24, 2.45) is 0 Å². The zero-order chi connectivity index (χ0) is 9.54. The maximum Gasteiger partial charge on any atom is 0.141 e. The van der Waals surface area contributed by atoms with Gasteiger partial charge in [-0.1, -0.05) is 11.6 Å². The van der Waals surface area contributed by atoms with Crippen molar-refractivity contribution >= 4 is 22.6 Å². The highest BCUT2D eigenvalue weighted by molar-refractivity contribution is 6.29. The van der Waals surface area contributed by atoms with E-state index in [1.54, 1.807) is 0 Å². The summed E-state index contributed by atoms with van der Waals surface area (Å²) in [5, 5.41) is 5.08. The summed E-state index contributed by atoms with van der Waals surface area (Å²) in [6.07, 6.45) is 0. The van der Waals surface area contributed by atoms with Crippen LogP contribution in [0, 0.1) is 0 Å². The molecule has 0 amide bonds. The monoisotopic (exact) mass is 207 g/mol. The van der Waals surface area contributed by atoms with Crippen molar-refractivity contribution in [3.63, 3.8) is 0 Å². The van der Waals surface area contributed by atoms with E-state index in [-0.39, 0.29) is 0 Å². The molecule has 0 saturated carbocycles. The van der Waals surface area contributed by atoms with E-state index in [2.05, 4.69) is 20.9 Å². The molecule has 1 N–H and O–H groups in total. The number of pyridine rings is 1. The molecule has 0 saturated heterocycles. The summed E-state index contributed by atoms with van der Waals surface area (Å²) in [7, 11) is 0. The Balaban J connectivity index is 2.32. The van der Waals surface area contributed by atoms with Crippen molar-refractivity contribution in [3.05, 3.63) is 29.0 Å². The van der Waals surface area contributed by atoms with Gasteiger partial charge < -0.3 is 9.88 Å². The number of rotatable bonds is 0. The first-order valence-electron chi connectivity index (χ1n) is 4.70. The lowest BCUT2D eigenvalue weighted by atomic mass is 10.3. The van der Waals surface area contributed by atoms with Crippen LogP contribution < -0.4 is 5.32 Å². The highest BCUT2D eigenvalue weighted by Crippen LogP contribution is 2.21. The molecule has 3 heterocycles. The Bertz CT molecular complexity index is 489. The Morgan fingerprint density at radius 3 is 3.29 bits per heavy atom. The lowest BCUT2D eigenvalue weighted by molar-refractivity contribution is 0.524. The topological polar surface area (TPSA) is 29.9 Å². The Morgan fingerprint density at radius 2 is 2.36 bits per heavy atom. The van der Waals surface area contributed by atoms with Gasteiger partial charge in [0.2, 0.25) is 0 Å². The van der Waals surface area contributed by atoms with E-state index < -0.39 is 0 Å². The van der Waals surface area contributed by atoms with Gasteiger partial charge in [0.1, 0.15) is 10.8 Å². The van der Waals surface area contributed by atoms with Crippen LogP contribution in [0.1, 0.15) is 5.69 Å². The summed E-state index contributed by atoms with van der Waals surface area (Å²) >= 11 is 5.88. The smallest absolute Gasteiger partial charge is 0.141 e. The Morgan fingerprint density at radius 1 is 1.43 bits per heavy atom. The van der Waals surface area contributed by atoms with Gasteiger partial charge in [-0.05, 0) is 18.2 Å².